The standard InChI is InChI=1S/C37H46N2O7/c40-26-27-13-15-29(16-14-27)34-23-33(25-39-17-19-44-20-18-39)45-37(46-34)32-10-6-9-31(22-32)30-8-5-7-28(21-30)24-38-35(41)11-3-1-2-4-12-36(42)43/h5-10,13-16,21-22,33-34,37,40H,1-4,11-12,17-20,23-26H2,(H,38,41)(H,42,43)/t33-,34+,37+/m1/s1. The summed E-state index contributed by atoms with van der Waals surface area (Å²) in [6.45, 7) is 4.52. The Morgan fingerprint density at radius 1 is 0.804 bits per heavy atom. The number of carbonyl (C=O) groups excluding carboxylic acids is 1. The van der Waals surface area contributed by atoms with E-state index in [1.807, 2.05) is 48.5 Å². The first-order valence-electron chi connectivity index (χ1n) is 16.5. The molecule has 2 heterocycles. The Morgan fingerprint density at radius 2 is 1.52 bits per heavy atom. The van der Waals surface area contributed by atoms with Crippen LogP contribution in [0.15, 0.2) is 72.8 Å². The molecule has 2 aliphatic rings. The van der Waals surface area contributed by atoms with Crippen molar-refractivity contribution in [1.29, 1.82) is 0 Å². The van der Waals surface area contributed by atoms with Gasteiger partial charge in [-0.1, -0.05) is 73.5 Å². The zero-order valence-electron chi connectivity index (χ0n) is 26.4. The Balaban J connectivity index is 1.23. The number of carboxylic acids is 1. The van der Waals surface area contributed by atoms with E-state index in [9.17, 15) is 14.7 Å². The van der Waals surface area contributed by atoms with Crippen molar-refractivity contribution < 1.29 is 34.0 Å². The van der Waals surface area contributed by atoms with Gasteiger partial charge in [-0.25, -0.2) is 0 Å². The molecule has 9 heteroatoms. The van der Waals surface area contributed by atoms with Gasteiger partial charge in [0, 0.05) is 51.0 Å². The third kappa shape index (κ3) is 10.2. The molecule has 0 aliphatic carbocycles. The van der Waals surface area contributed by atoms with Crippen molar-refractivity contribution in [2.75, 3.05) is 32.8 Å². The smallest absolute Gasteiger partial charge is 0.303 e. The lowest BCUT2D eigenvalue weighted by Gasteiger charge is -2.39. The van der Waals surface area contributed by atoms with E-state index >= 15 is 0 Å². The van der Waals surface area contributed by atoms with Gasteiger partial charge in [-0.3, -0.25) is 14.5 Å². The van der Waals surface area contributed by atoms with E-state index in [2.05, 4.69) is 34.5 Å². The lowest BCUT2D eigenvalue weighted by Crippen LogP contribution is -2.44. The van der Waals surface area contributed by atoms with Gasteiger partial charge in [0.05, 0.1) is 32.0 Å². The van der Waals surface area contributed by atoms with Crippen molar-refractivity contribution in [3.8, 4) is 11.1 Å². The molecule has 3 aromatic carbocycles. The van der Waals surface area contributed by atoms with Crippen LogP contribution in [0.1, 0.15) is 79.6 Å². The number of unbranched alkanes of at least 4 members (excludes halogenated alkanes) is 3. The number of morpholine rings is 1. The summed E-state index contributed by atoms with van der Waals surface area (Å²) in [6, 6.07) is 24.4. The Morgan fingerprint density at radius 3 is 2.26 bits per heavy atom. The van der Waals surface area contributed by atoms with Gasteiger partial charge in [-0.05, 0) is 52.8 Å². The summed E-state index contributed by atoms with van der Waals surface area (Å²) in [7, 11) is 0. The van der Waals surface area contributed by atoms with Gasteiger partial charge in [0.1, 0.15) is 0 Å². The summed E-state index contributed by atoms with van der Waals surface area (Å²) >= 11 is 0. The molecule has 0 bridgehead atoms. The molecule has 0 aromatic heterocycles. The van der Waals surface area contributed by atoms with Crippen molar-refractivity contribution in [3.05, 3.63) is 95.1 Å². The zero-order chi connectivity index (χ0) is 32.1. The monoisotopic (exact) mass is 630 g/mol. The van der Waals surface area contributed by atoms with Gasteiger partial charge < -0.3 is 29.7 Å². The fourth-order valence-electron chi connectivity index (χ4n) is 6.03. The molecule has 2 fully saturated rings. The van der Waals surface area contributed by atoms with Crippen molar-refractivity contribution in [2.24, 2.45) is 0 Å². The molecule has 3 N–H and O–H groups in total. The number of aliphatic carboxylic acids is 1. The first-order valence-corrected chi connectivity index (χ1v) is 16.5. The normalized spacial score (nSPS) is 20.3. The number of carbonyl (C=O) groups is 2. The third-order valence-corrected chi connectivity index (χ3v) is 8.63. The number of carboxylic acid groups (broad SMARTS) is 1. The van der Waals surface area contributed by atoms with Gasteiger partial charge in [-0.2, -0.15) is 0 Å². The molecule has 0 unspecified atom stereocenters. The maximum Gasteiger partial charge on any atom is 0.303 e. The number of rotatable bonds is 15. The molecule has 246 valence electrons. The average molecular weight is 631 g/mol. The van der Waals surface area contributed by atoms with E-state index in [1.165, 1.54) is 0 Å². The zero-order valence-corrected chi connectivity index (χ0v) is 26.4. The number of nitrogens with one attached hydrogen (secondary N) is 1. The van der Waals surface area contributed by atoms with Crippen LogP contribution in [0.2, 0.25) is 0 Å². The van der Waals surface area contributed by atoms with Gasteiger partial charge in [0.2, 0.25) is 5.91 Å². The fraction of sp³-hybridized carbons (Fsp3) is 0.459. The Bertz CT molecular complexity index is 1410. The highest BCUT2D eigenvalue weighted by Crippen LogP contribution is 2.39. The predicted octanol–water partition coefficient (Wildman–Crippen LogP) is 5.76. The van der Waals surface area contributed by atoms with Gasteiger partial charge >= 0.3 is 5.97 Å². The number of ether oxygens (including phenoxy) is 3. The first kappa shape index (κ1) is 33.8. The lowest BCUT2D eigenvalue weighted by atomic mass is 9.98. The fourth-order valence-corrected chi connectivity index (χ4v) is 6.03. The summed E-state index contributed by atoms with van der Waals surface area (Å²) in [6.07, 6.45) is 3.76. The number of nitrogens with zero attached hydrogens (tertiary/aromatic N) is 1. The second-order valence-corrected chi connectivity index (χ2v) is 12.2. The first-order chi connectivity index (χ1) is 22.5. The van der Waals surface area contributed by atoms with Gasteiger partial charge in [0.25, 0.3) is 0 Å². The minimum absolute atomic E-state index is 0.00409. The molecule has 46 heavy (non-hydrogen) atoms. The maximum atomic E-state index is 12.4. The van der Waals surface area contributed by atoms with Crippen molar-refractivity contribution in [1.82, 2.24) is 10.2 Å². The maximum absolute atomic E-state index is 12.4. The lowest BCUT2D eigenvalue weighted by molar-refractivity contribution is -0.253. The van der Waals surface area contributed by atoms with Crippen LogP contribution in [0.4, 0.5) is 0 Å². The van der Waals surface area contributed by atoms with Gasteiger partial charge in [0.15, 0.2) is 6.29 Å². The van der Waals surface area contributed by atoms with Crippen LogP contribution in [0, 0.1) is 0 Å². The van der Waals surface area contributed by atoms with Crippen LogP contribution in [0.3, 0.4) is 0 Å². The van der Waals surface area contributed by atoms with Crippen molar-refractivity contribution >= 4 is 11.9 Å². The molecule has 5 rings (SSSR count). The Labute approximate surface area is 271 Å². The van der Waals surface area contributed by atoms with Crippen LogP contribution in [0.5, 0.6) is 0 Å². The van der Waals surface area contributed by atoms with E-state index in [-0.39, 0.29) is 31.1 Å². The van der Waals surface area contributed by atoms with Crippen LogP contribution in [0.25, 0.3) is 11.1 Å². The van der Waals surface area contributed by atoms with Crippen molar-refractivity contribution in [2.45, 2.75) is 76.6 Å². The summed E-state index contributed by atoms with van der Waals surface area (Å²) in [5.41, 5.74) is 5.99. The quantitative estimate of drug-likeness (QED) is 0.181. The Kier molecular flexibility index (Phi) is 12.7. The summed E-state index contributed by atoms with van der Waals surface area (Å²) < 4.78 is 18.7. The van der Waals surface area contributed by atoms with Crippen LogP contribution < -0.4 is 5.32 Å². The molecular weight excluding hydrogens is 584 g/mol. The molecule has 9 nitrogen and oxygen atoms in total. The number of aliphatic hydroxyl groups is 1. The minimum atomic E-state index is -0.773. The second-order valence-electron chi connectivity index (χ2n) is 12.2. The molecule has 2 aliphatic heterocycles. The van der Waals surface area contributed by atoms with E-state index in [0.717, 1.165) is 91.9 Å². The molecule has 2 saturated heterocycles. The van der Waals surface area contributed by atoms with Crippen LogP contribution >= 0.6 is 0 Å². The number of aliphatic hydroxyl groups excluding tert-OH is 1. The third-order valence-electron chi connectivity index (χ3n) is 8.63. The number of hydrogen-bond acceptors (Lipinski definition) is 7. The van der Waals surface area contributed by atoms with E-state index in [4.69, 9.17) is 19.3 Å². The summed E-state index contributed by atoms with van der Waals surface area (Å²) in [5.74, 6) is -0.768. The van der Waals surface area contributed by atoms with E-state index in [0.29, 0.717) is 19.4 Å². The molecule has 0 saturated carbocycles. The number of hydrogen-bond donors (Lipinski definition) is 3. The van der Waals surface area contributed by atoms with Crippen LogP contribution in [-0.4, -0.2) is 65.9 Å². The molecule has 0 radical (unpaired) electrons. The highest BCUT2D eigenvalue weighted by atomic mass is 16.7. The molecule has 1 amide bonds. The molecular formula is C37H46N2O7. The predicted molar refractivity (Wildman–Crippen MR) is 175 cm³/mol. The molecule has 0 spiro atoms. The van der Waals surface area contributed by atoms with E-state index in [1.54, 1.807) is 0 Å². The largest absolute Gasteiger partial charge is 0.481 e. The topological polar surface area (TPSA) is 118 Å². The molecule has 3 atom stereocenters. The SMILES string of the molecule is O=C(O)CCCCCCC(=O)NCc1cccc(-c2cccc([C@H]3O[C@@H](CN4CCOCC4)C[C@@H](c4ccc(CO)cc4)O3)c2)c1. The molecule has 3 aromatic rings. The van der Waals surface area contributed by atoms with Gasteiger partial charge in [-0.15, -0.1) is 0 Å². The summed E-state index contributed by atoms with van der Waals surface area (Å²) in [4.78, 5) is 25.4. The average Bonchev–Trinajstić information content (AvgIpc) is 3.09. The highest BCUT2D eigenvalue weighted by Gasteiger charge is 2.33. The number of amides is 1. The van der Waals surface area contributed by atoms with E-state index < -0.39 is 12.3 Å². The minimum Gasteiger partial charge on any atom is -0.481 e. The summed E-state index contributed by atoms with van der Waals surface area (Å²) in [5, 5.41) is 21.3. The highest BCUT2D eigenvalue weighted by molar-refractivity contribution is 5.76. The second kappa shape index (κ2) is 17.4. The Hall–Kier alpha value is -3.60. The van der Waals surface area contributed by atoms with Crippen molar-refractivity contribution in [3.63, 3.8) is 0 Å². The number of benzene rings is 3. The van der Waals surface area contributed by atoms with Crippen LogP contribution in [-0.2, 0) is 37.0 Å².